The zero-order chi connectivity index (χ0) is 16.7. The number of carbonyl (C=O) groups is 3. The molecule has 0 unspecified atom stereocenters. The number of amides is 2. The summed E-state index contributed by atoms with van der Waals surface area (Å²) in [6.07, 6.45) is 3.12. The molecule has 24 heavy (non-hydrogen) atoms. The Kier molecular flexibility index (Phi) is 3.06. The van der Waals surface area contributed by atoms with E-state index in [4.69, 9.17) is 4.84 Å². The van der Waals surface area contributed by atoms with Crippen LogP contribution in [0.3, 0.4) is 0 Å². The number of hydrogen-bond donors (Lipinski definition) is 0. The summed E-state index contributed by atoms with van der Waals surface area (Å²) in [7, 11) is 0. The Labute approximate surface area is 135 Å². The maximum Gasteiger partial charge on any atom is 0.382 e. The Morgan fingerprint density at radius 3 is 2.38 bits per heavy atom. The van der Waals surface area contributed by atoms with Gasteiger partial charge in [-0.1, -0.05) is 23.3 Å². The molecule has 3 aromatic rings. The predicted molar refractivity (Wildman–Crippen MR) is 81.9 cm³/mol. The summed E-state index contributed by atoms with van der Waals surface area (Å²) in [5.41, 5.74) is 0.887. The zero-order valence-corrected chi connectivity index (χ0v) is 12.2. The van der Waals surface area contributed by atoms with Crippen molar-refractivity contribution < 1.29 is 19.2 Å². The van der Waals surface area contributed by atoms with Crippen LogP contribution in [0.4, 0.5) is 0 Å². The van der Waals surface area contributed by atoms with Crippen LogP contribution in [-0.4, -0.2) is 32.8 Å². The molecule has 116 valence electrons. The number of benzene rings is 1. The number of carbonyl (C=O) groups excluding carboxylic acids is 3. The van der Waals surface area contributed by atoms with Gasteiger partial charge in [0.2, 0.25) is 0 Å². The quantitative estimate of drug-likeness (QED) is 0.671. The monoisotopic (exact) mass is 319 g/mol. The van der Waals surface area contributed by atoms with E-state index < -0.39 is 17.8 Å². The standard InChI is InChI=1S/C17H9N3O4/c21-15-11-3-1-2-4-12(11)16(22)20(15)24-17(23)13-6-5-10-7-8-18-9-14(10)19-13/h1-9H. The van der Waals surface area contributed by atoms with Crippen molar-refractivity contribution in [2.45, 2.75) is 0 Å². The highest BCUT2D eigenvalue weighted by atomic mass is 16.7. The number of imide groups is 1. The molecular formula is C17H9N3O4. The number of fused-ring (bicyclic) bond motifs is 2. The van der Waals surface area contributed by atoms with Crippen molar-refractivity contribution in [3.8, 4) is 0 Å². The Hall–Kier alpha value is -3.61. The lowest BCUT2D eigenvalue weighted by Crippen LogP contribution is -2.32. The molecule has 0 saturated heterocycles. The first-order valence-electron chi connectivity index (χ1n) is 7.06. The molecule has 3 heterocycles. The second-order valence-electron chi connectivity index (χ2n) is 5.09. The summed E-state index contributed by atoms with van der Waals surface area (Å²) in [5, 5.41) is 1.27. The highest BCUT2D eigenvalue weighted by Crippen LogP contribution is 2.23. The van der Waals surface area contributed by atoms with Crippen LogP contribution in [0, 0.1) is 0 Å². The van der Waals surface area contributed by atoms with Crippen molar-refractivity contribution in [3.05, 3.63) is 71.7 Å². The van der Waals surface area contributed by atoms with Crippen molar-refractivity contribution in [3.63, 3.8) is 0 Å². The highest BCUT2D eigenvalue weighted by Gasteiger charge is 2.38. The van der Waals surface area contributed by atoms with E-state index >= 15 is 0 Å². The fraction of sp³-hybridized carbons (Fsp3) is 0. The first-order valence-corrected chi connectivity index (χ1v) is 7.06. The van der Waals surface area contributed by atoms with Gasteiger partial charge in [-0.15, -0.1) is 0 Å². The van der Waals surface area contributed by atoms with E-state index in [1.165, 1.54) is 24.4 Å². The molecule has 7 nitrogen and oxygen atoms in total. The SMILES string of the molecule is O=C(ON1C(=O)c2ccccc2C1=O)c1ccc2ccncc2n1. The van der Waals surface area contributed by atoms with Gasteiger partial charge in [0, 0.05) is 11.6 Å². The van der Waals surface area contributed by atoms with E-state index in [0.717, 1.165) is 5.39 Å². The van der Waals surface area contributed by atoms with Crippen LogP contribution in [0.2, 0.25) is 0 Å². The fourth-order valence-corrected chi connectivity index (χ4v) is 2.46. The van der Waals surface area contributed by atoms with Gasteiger partial charge in [-0.2, -0.15) is 0 Å². The van der Waals surface area contributed by atoms with E-state index in [-0.39, 0.29) is 16.8 Å². The molecule has 1 aliphatic heterocycles. The molecule has 0 atom stereocenters. The van der Waals surface area contributed by atoms with Gasteiger partial charge in [0.1, 0.15) is 0 Å². The summed E-state index contributed by atoms with van der Waals surface area (Å²) in [6.45, 7) is 0. The minimum Gasteiger partial charge on any atom is -0.323 e. The van der Waals surface area contributed by atoms with Crippen LogP contribution in [-0.2, 0) is 4.84 Å². The third-order valence-electron chi connectivity index (χ3n) is 3.63. The normalized spacial score (nSPS) is 13.2. The maximum atomic E-state index is 12.2. The zero-order valence-electron chi connectivity index (χ0n) is 12.2. The Balaban J connectivity index is 1.62. The minimum atomic E-state index is -0.893. The summed E-state index contributed by atoms with van der Waals surface area (Å²) < 4.78 is 0. The topological polar surface area (TPSA) is 89.5 Å². The molecule has 1 aromatic carbocycles. The Morgan fingerprint density at radius 2 is 1.67 bits per heavy atom. The summed E-state index contributed by atoms with van der Waals surface area (Å²) in [5.74, 6) is -2.24. The number of rotatable bonds is 2. The number of nitrogens with zero attached hydrogens (tertiary/aromatic N) is 3. The van der Waals surface area contributed by atoms with Crippen LogP contribution >= 0.6 is 0 Å². The van der Waals surface area contributed by atoms with Crippen molar-refractivity contribution in [2.75, 3.05) is 0 Å². The van der Waals surface area contributed by atoms with Crippen LogP contribution in [0.1, 0.15) is 31.2 Å². The van der Waals surface area contributed by atoms with Crippen molar-refractivity contribution in [2.24, 2.45) is 0 Å². The van der Waals surface area contributed by atoms with Gasteiger partial charge in [-0.25, -0.2) is 9.78 Å². The second-order valence-corrected chi connectivity index (χ2v) is 5.09. The van der Waals surface area contributed by atoms with Gasteiger partial charge < -0.3 is 4.84 Å². The first kappa shape index (κ1) is 14.0. The fourth-order valence-electron chi connectivity index (χ4n) is 2.46. The van der Waals surface area contributed by atoms with Gasteiger partial charge in [-0.3, -0.25) is 14.6 Å². The molecule has 1 aliphatic rings. The van der Waals surface area contributed by atoms with Crippen LogP contribution in [0.5, 0.6) is 0 Å². The lowest BCUT2D eigenvalue weighted by atomic mass is 10.1. The lowest BCUT2D eigenvalue weighted by molar-refractivity contribution is -0.0588. The number of hydroxylamine groups is 2. The van der Waals surface area contributed by atoms with Crippen LogP contribution in [0.25, 0.3) is 10.9 Å². The number of hydrogen-bond acceptors (Lipinski definition) is 6. The Bertz CT molecular complexity index is 980. The third kappa shape index (κ3) is 2.11. The predicted octanol–water partition coefficient (Wildman–Crippen LogP) is 2.00. The largest absolute Gasteiger partial charge is 0.382 e. The number of pyridine rings is 2. The van der Waals surface area contributed by atoms with Gasteiger partial charge in [0.05, 0.1) is 22.8 Å². The molecule has 2 amide bonds. The van der Waals surface area contributed by atoms with Crippen LogP contribution < -0.4 is 0 Å². The van der Waals surface area contributed by atoms with Crippen LogP contribution in [0.15, 0.2) is 54.9 Å². The minimum absolute atomic E-state index is 0.0212. The lowest BCUT2D eigenvalue weighted by Gasteiger charge is -2.12. The summed E-state index contributed by atoms with van der Waals surface area (Å²) in [6, 6.07) is 11.2. The van der Waals surface area contributed by atoms with Crippen molar-refractivity contribution >= 4 is 28.7 Å². The molecule has 7 heteroatoms. The molecule has 0 fully saturated rings. The smallest absolute Gasteiger partial charge is 0.323 e. The highest BCUT2D eigenvalue weighted by molar-refractivity contribution is 6.21. The molecule has 0 radical (unpaired) electrons. The maximum absolute atomic E-state index is 12.2. The van der Waals surface area contributed by atoms with E-state index in [1.54, 1.807) is 30.5 Å². The average Bonchev–Trinajstić information content (AvgIpc) is 2.86. The molecule has 0 spiro atoms. The van der Waals surface area contributed by atoms with Crippen molar-refractivity contribution in [1.29, 1.82) is 0 Å². The molecule has 0 N–H and O–H groups in total. The molecule has 2 aromatic heterocycles. The van der Waals surface area contributed by atoms with Gasteiger partial charge in [0.15, 0.2) is 5.69 Å². The number of aromatic nitrogens is 2. The van der Waals surface area contributed by atoms with Gasteiger partial charge >= 0.3 is 5.97 Å². The van der Waals surface area contributed by atoms with E-state index in [9.17, 15) is 14.4 Å². The van der Waals surface area contributed by atoms with Gasteiger partial charge in [-0.05, 0) is 24.3 Å². The molecule has 0 saturated carbocycles. The van der Waals surface area contributed by atoms with E-state index in [0.29, 0.717) is 10.6 Å². The van der Waals surface area contributed by atoms with Crippen molar-refractivity contribution in [1.82, 2.24) is 15.0 Å². The van der Waals surface area contributed by atoms with E-state index in [1.807, 2.05) is 0 Å². The molecule has 0 aliphatic carbocycles. The first-order chi connectivity index (χ1) is 11.6. The van der Waals surface area contributed by atoms with E-state index in [2.05, 4.69) is 9.97 Å². The summed E-state index contributed by atoms with van der Waals surface area (Å²) >= 11 is 0. The molecule has 4 rings (SSSR count). The average molecular weight is 319 g/mol. The van der Waals surface area contributed by atoms with Gasteiger partial charge in [0.25, 0.3) is 11.8 Å². The Morgan fingerprint density at radius 1 is 0.958 bits per heavy atom. The third-order valence-corrected chi connectivity index (χ3v) is 3.63. The molecular weight excluding hydrogens is 310 g/mol. The second kappa shape index (κ2) is 5.24. The summed E-state index contributed by atoms with van der Waals surface area (Å²) in [4.78, 5) is 49.6. The molecule has 0 bridgehead atoms.